The van der Waals surface area contributed by atoms with E-state index in [4.69, 9.17) is 27.2 Å². The van der Waals surface area contributed by atoms with E-state index in [2.05, 4.69) is 0 Å². The topological polar surface area (TPSA) is 55.5 Å². The van der Waals surface area contributed by atoms with Gasteiger partial charge in [-0.15, -0.1) is 0 Å². The molecule has 0 aliphatic rings. The minimum atomic E-state index is -0.575. The van der Waals surface area contributed by atoms with E-state index >= 15 is 0 Å². The molecule has 0 amide bonds. The van der Waals surface area contributed by atoms with E-state index in [0.29, 0.717) is 17.2 Å². The van der Waals surface area contributed by atoms with E-state index in [1.807, 2.05) is 26.0 Å². The van der Waals surface area contributed by atoms with Gasteiger partial charge in [-0.3, -0.25) is 0 Å². The Labute approximate surface area is 101 Å². The van der Waals surface area contributed by atoms with E-state index in [0.717, 1.165) is 11.1 Å². The van der Waals surface area contributed by atoms with Crippen molar-refractivity contribution < 1.29 is 9.84 Å². The van der Waals surface area contributed by atoms with Gasteiger partial charge in [0, 0.05) is 12.1 Å². The third kappa shape index (κ3) is 2.67. The maximum atomic E-state index is 8.99. The number of aryl methyl sites for hydroxylation is 1. The summed E-state index contributed by atoms with van der Waals surface area (Å²) in [5.41, 5.74) is 7.53. The van der Waals surface area contributed by atoms with Crippen molar-refractivity contribution in [1.82, 2.24) is 0 Å². The summed E-state index contributed by atoms with van der Waals surface area (Å²) < 4.78 is 5.13. The Morgan fingerprint density at radius 2 is 2.12 bits per heavy atom. The van der Waals surface area contributed by atoms with Crippen LogP contribution in [0.25, 0.3) is 0 Å². The van der Waals surface area contributed by atoms with E-state index in [-0.39, 0.29) is 6.61 Å². The molecular weight excluding hydrogens is 226 g/mol. The Morgan fingerprint density at radius 3 is 2.62 bits per heavy atom. The first-order valence-corrected chi connectivity index (χ1v) is 5.54. The summed E-state index contributed by atoms with van der Waals surface area (Å²) in [5, 5.41) is 9.53. The smallest absolute Gasteiger partial charge is 0.137 e. The molecule has 90 valence electrons. The van der Waals surface area contributed by atoms with Gasteiger partial charge in [0.1, 0.15) is 5.75 Å². The van der Waals surface area contributed by atoms with Crippen LogP contribution >= 0.6 is 11.6 Å². The fourth-order valence-corrected chi connectivity index (χ4v) is 2.03. The van der Waals surface area contributed by atoms with E-state index in [1.54, 1.807) is 7.11 Å². The van der Waals surface area contributed by atoms with Crippen LogP contribution in [0.5, 0.6) is 5.75 Å². The molecule has 0 saturated carbocycles. The van der Waals surface area contributed by atoms with Crippen LogP contribution < -0.4 is 10.5 Å². The molecule has 0 aliphatic heterocycles. The number of methoxy groups -OCH3 is 1. The third-order valence-corrected chi connectivity index (χ3v) is 3.04. The molecule has 4 heteroatoms. The van der Waals surface area contributed by atoms with Gasteiger partial charge in [0.05, 0.1) is 12.1 Å². The zero-order valence-corrected chi connectivity index (χ0v) is 10.6. The molecule has 1 rings (SSSR count). The Hall–Kier alpha value is -0.770. The molecule has 16 heavy (non-hydrogen) atoms. The second-order valence-corrected chi connectivity index (χ2v) is 4.60. The monoisotopic (exact) mass is 243 g/mol. The van der Waals surface area contributed by atoms with Gasteiger partial charge < -0.3 is 15.6 Å². The van der Waals surface area contributed by atoms with Crippen LogP contribution in [0.1, 0.15) is 24.5 Å². The third-order valence-electron chi connectivity index (χ3n) is 2.75. The van der Waals surface area contributed by atoms with E-state index in [9.17, 15) is 0 Å². The molecule has 1 aromatic carbocycles. The molecule has 0 fully saturated rings. The SMILES string of the molecule is COc1cc(C)c(C(C)(N)CCO)cc1Cl. The highest BCUT2D eigenvalue weighted by molar-refractivity contribution is 6.32. The van der Waals surface area contributed by atoms with Crippen LogP contribution in [0.3, 0.4) is 0 Å². The summed E-state index contributed by atoms with van der Waals surface area (Å²) in [6.45, 7) is 3.89. The quantitative estimate of drug-likeness (QED) is 0.853. The average molecular weight is 244 g/mol. The first-order chi connectivity index (χ1) is 7.42. The van der Waals surface area contributed by atoms with Crippen molar-refractivity contribution in [3.63, 3.8) is 0 Å². The molecule has 0 radical (unpaired) electrons. The number of ether oxygens (including phenoxy) is 1. The van der Waals surface area contributed by atoms with Gasteiger partial charge in [-0.25, -0.2) is 0 Å². The second kappa shape index (κ2) is 5.04. The highest BCUT2D eigenvalue weighted by atomic mass is 35.5. The summed E-state index contributed by atoms with van der Waals surface area (Å²) >= 11 is 6.06. The van der Waals surface area contributed by atoms with Crippen LogP contribution in [0.2, 0.25) is 5.02 Å². The lowest BCUT2D eigenvalue weighted by molar-refractivity contribution is 0.247. The van der Waals surface area contributed by atoms with Crippen LogP contribution in [0.15, 0.2) is 12.1 Å². The van der Waals surface area contributed by atoms with Gasteiger partial charge in [0.15, 0.2) is 0 Å². The number of hydrogen-bond acceptors (Lipinski definition) is 3. The molecule has 3 nitrogen and oxygen atoms in total. The zero-order chi connectivity index (χ0) is 12.3. The number of rotatable bonds is 4. The standard InChI is InChI=1S/C12H18ClNO2/c1-8-6-11(16-3)10(13)7-9(8)12(2,14)4-5-15/h6-7,15H,4-5,14H2,1-3H3. The lowest BCUT2D eigenvalue weighted by Crippen LogP contribution is -2.34. The highest BCUT2D eigenvalue weighted by Crippen LogP contribution is 2.33. The fourth-order valence-electron chi connectivity index (χ4n) is 1.79. The normalized spacial score (nSPS) is 14.6. The second-order valence-electron chi connectivity index (χ2n) is 4.19. The van der Waals surface area contributed by atoms with Crippen LogP contribution in [0, 0.1) is 6.92 Å². The molecule has 0 bridgehead atoms. The Kier molecular flexibility index (Phi) is 4.19. The molecule has 0 heterocycles. The van der Waals surface area contributed by atoms with Crippen LogP contribution in [-0.2, 0) is 5.54 Å². The molecule has 1 aromatic rings. The predicted octanol–water partition coefficient (Wildman–Crippen LogP) is 2.21. The van der Waals surface area contributed by atoms with E-state index < -0.39 is 5.54 Å². The number of halogens is 1. The molecule has 0 saturated heterocycles. The van der Waals surface area contributed by atoms with Crippen molar-refractivity contribution in [3.05, 3.63) is 28.3 Å². The molecule has 3 N–H and O–H groups in total. The van der Waals surface area contributed by atoms with Gasteiger partial charge >= 0.3 is 0 Å². The van der Waals surface area contributed by atoms with Crippen molar-refractivity contribution in [2.75, 3.05) is 13.7 Å². The van der Waals surface area contributed by atoms with Crippen LogP contribution in [-0.4, -0.2) is 18.8 Å². The Bertz CT molecular complexity index is 378. The maximum absolute atomic E-state index is 8.99. The molecule has 0 aliphatic carbocycles. The van der Waals surface area contributed by atoms with Crippen molar-refractivity contribution in [2.24, 2.45) is 5.73 Å². The average Bonchev–Trinajstić information content (AvgIpc) is 2.20. The van der Waals surface area contributed by atoms with Gasteiger partial charge in [0.25, 0.3) is 0 Å². The van der Waals surface area contributed by atoms with Crippen molar-refractivity contribution in [1.29, 1.82) is 0 Å². The van der Waals surface area contributed by atoms with E-state index in [1.165, 1.54) is 0 Å². The number of benzene rings is 1. The highest BCUT2D eigenvalue weighted by Gasteiger charge is 2.23. The zero-order valence-electron chi connectivity index (χ0n) is 9.88. The number of hydrogen-bond donors (Lipinski definition) is 2. The van der Waals surface area contributed by atoms with Crippen molar-refractivity contribution >= 4 is 11.6 Å². The Morgan fingerprint density at radius 1 is 1.50 bits per heavy atom. The summed E-state index contributed by atoms with van der Waals surface area (Å²) in [7, 11) is 1.58. The number of aliphatic hydroxyl groups excluding tert-OH is 1. The maximum Gasteiger partial charge on any atom is 0.137 e. The number of nitrogens with two attached hydrogens (primary N) is 1. The largest absolute Gasteiger partial charge is 0.495 e. The van der Waals surface area contributed by atoms with Crippen LogP contribution in [0.4, 0.5) is 0 Å². The summed E-state index contributed by atoms with van der Waals surface area (Å²) in [6, 6.07) is 3.67. The first-order valence-electron chi connectivity index (χ1n) is 5.16. The first kappa shape index (κ1) is 13.3. The molecular formula is C12H18ClNO2. The minimum absolute atomic E-state index is 0.0517. The fraction of sp³-hybridized carbons (Fsp3) is 0.500. The van der Waals surface area contributed by atoms with Gasteiger partial charge in [-0.05, 0) is 43.5 Å². The van der Waals surface area contributed by atoms with Gasteiger partial charge in [-0.2, -0.15) is 0 Å². The predicted molar refractivity (Wildman–Crippen MR) is 66.0 cm³/mol. The summed E-state index contributed by atoms with van der Waals surface area (Å²) in [4.78, 5) is 0. The molecule has 0 aromatic heterocycles. The molecule has 1 unspecified atom stereocenters. The summed E-state index contributed by atoms with van der Waals surface area (Å²) in [5.74, 6) is 0.641. The van der Waals surface area contributed by atoms with Gasteiger partial charge in [0.2, 0.25) is 0 Å². The van der Waals surface area contributed by atoms with Crippen molar-refractivity contribution in [3.8, 4) is 5.75 Å². The Balaban J connectivity index is 3.20. The van der Waals surface area contributed by atoms with Crippen molar-refractivity contribution in [2.45, 2.75) is 25.8 Å². The lowest BCUT2D eigenvalue weighted by Gasteiger charge is -2.27. The number of aliphatic hydroxyl groups is 1. The lowest BCUT2D eigenvalue weighted by atomic mass is 9.87. The molecule has 1 atom stereocenters. The summed E-state index contributed by atoms with van der Waals surface area (Å²) in [6.07, 6.45) is 0.497. The molecule has 0 spiro atoms. The minimum Gasteiger partial charge on any atom is -0.495 e. The van der Waals surface area contributed by atoms with Gasteiger partial charge in [-0.1, -0.05) is 11.6 Å².